The van der Waals surface area contributed by atoms with Crippen LogP contribution in [0.25, 0.3) is 0 Å². The number of ether oxygens (including phenoxy) is 2. The molecule has 2 rings (SSSR count). The van der Waals surface area contributed by atoms with Gasteiger partial charge in [0, 0.05) is 26.1 Å². The summed E-state index contributed by atoms with van der Waals surface area (Å²) in [6, 6.07) is 0. The van der Waals surface area contributed by atoms with Crippen molar-refractivity contribution in [1.29, 1.82) is 0 Å². The average molecular weight is 301 g/mol. The SMILES string of the molecule is CCOC(=O)C1CCC(O)(CNCC2(O)CCOC2)CC1. The van der Waals surface area contributed by atoms with E-state index < -0.39 is 11.2 Å². The van der Waals surface area contributed by atoms with Crippen molar-refractivity contribution in [1.82, 2.24) is 5.32 Å². The number of hydrogen-bond donors (Lipinski definition) is 3. The zero-order chi connectivity index (χ0) is 15.3. The number of esters is 1. The van der Waals surface area contributed by atoms with E-state index >= 15 is 0 Å². The van der Waals surface area contributed by atoms with Gasteiger partial charge < -0.3 is 25.0 Å². The molecule has 6 heteroatoms. The van der Waals surface area contributed by atoms with E-state index in [9.17, 15) is 15.0 Å². The first-order valence-electron chi connectivity index (χ1n) is 7.86. The Labute approximate surface area is 125 Å². The van der Waals surface area contributed by atoms with Crippen LogP contribution < -0.4 is 5.32 Å². The maximum atomic E-state index is 11.7. The molecule has 1 aliphatic heterocycles. The highest BCUT2D eigenvalue weighted by Crippen LogP contribution is 2.32. The molecule has 0 amide bonds. The molecular formula is C15H27NO5. The Morgan fingerprint density at radius 3 is 2.48 bits per heavy atom. The molecule has 1 unspecified atom stereocenters. The quantitative estimate of drug-likeness (QED) is 0.608. The van der Waals surface area contributed by atoms with Crippen molar-refractivity contribution in [2.75, 3.05) is 32.9 Å². The Bertz CT molecular complexity index is 346. The molecule has 3 N–H and O–H groups in total. The lowest BCUT2D eigenvalue weighted by atomic mass is 9.78. The van der Waals surface area contributed by atoms with E-state index in [1.54, 1.807) is 6.92 Å². The highest BCUT2D eigenvalue weighted by atomic mass is 16.5. The minimum absolute atomic E-state index is 0.0855. The van der Waals surface area contributed by atoms with Gasteiger partial charge in [-0.25, -0.2) is 0 Å². The van der Waals surface area contributed by atoms with Gasteiger partial charge in [0.1, 0.15) is 5.60 Å². The summed E-state index contributed by atoms with van der Waals surface area (Å²) in [7, 11) is 0. The van der Waals surface area contributed by atoms with Crippen molar-refractivity contribution in [2.45, 2.75) is 50.2 Å². The Balaban J connectivity index is 1.70. The summed E-state index contributed by atoms with van der Waals surface area (Å²) in [5, 5.41) is 23.8. The van der Waals surface area contributed by atoms with Gasteiger partial charge in [-0.1, -0.05) is 0 Å². The van der Waals surface area contributed by atoms with E-state index in [2.05, 4.69) is 5.32 Å². The number of hydrogen-bond acceptors (Lipinski definition) is 6. The lowest BCUT2D eigenvalue weighted by Gasteiger charge is -2.36. The third-order valence-electron chi connectivity index (χ3n) is 4.53. The monoisotopic (exact) mass is 301 g/mol. The molecular weight excluding hydrogens is 274 g/mol. The molecule has 1 heterocycles. The Morgan fingerprint density at radius 2 is 1.90 bits per heavy atom. The number of carbonyl (C=O) groups is 1. The number of aliphatic hydroxyl groups is 2. The lowest BCUT2D eigenvalue weighted by Crippen LogP contribution is -2.49. The summed E-state index contributed by atoms with van der Waals surface area (Å²) in [6.07, 6.45) is 3.11. The molecule has 2 fully saturated rings. The van der Waals surface area contributed by atoms with E-state index in [4.69, 9.17) is 9.47 Å². The first kappa shape index (κ1) is 16.7. The molecule has 0 spiro atoms. The fourth-order valence-electron chi connectivity index (χ4n) is 3.09. The maximum absolute atomic E-state index is 11.7. The van der Waals surface area contributed by atoms with Gasteiger partial charge in [-0.05, 0) is 32.6 Å². The second-order valence-electron chi connectivity index (χ2n) is 6.38. The summed E-state index contributed by atoms with van der Waals surface area (Å²) >= 11 is 0. The summed E-state index contributed by atoms with van der Waals surface area (Å²) < 4.78 is 10.2. The third kappa shape index (κ3) is 4.64. The van der Waals surface area contributed by atoms with Crippen LogP contribution in [0.1, 0.15) is 39.0 Å². The van der Waals surface area contributed by atoms with Crippen molar-refractivity contribution in [3.63, 3.8) is 0 Å². The molecule has 1 saturated heterocycles. The summed E-state index contributed by atoms with van der Waals surface area (Å²) in [5.74, 6) is -0.234. The van der Waals surface area contributed by atoms with Crippen molar-refractivity contribution in [3.8, 4) is 0 Å². The molecule has 1 atom stereocenters. The van der Waals surface area contributed by atoms with Crippen LogP contribution >= 0.6 is 0 Å². The predicted molar refractivity (Wildman–Crippen MR) is 76.8 cm³/mol. The zero-order valence-electron chi connectivity index (χ0n) is 12.8. The third-order valence-corrected chi connectivity index (χ3v) is 4.53. The summed E-state index contributed by atoms with van der Waals surface area (Å²) in [6.45, 7) is 4.01. The molecule has 0 aromatic rings. The Morgan fingerprint density at radius 1 is 1.24 bits per heavy atom. The number of nitrogens with one attached hydrogen (secondary N) is 1. The Hall–Kier alpha value is -0.690. The van der Waals surface area contributed by atoms with E-state index in [1.807, 2.05) is 0 Å². The number of carbonyl (C=O) groups excluding carboxylic acids is 1. The van der Waals surface area contributed by atoms with Gasteiger partial charge >= 0.3 is 5.97 Å². The van der Waals surface area contributed by atoms with E-state index in [0.717, 1.165) is 0 Å². The minimum Gasteiger partial charge on any atom is -0.466 e. The maximum Gasteiger partial charge on any atom is 0.308 e. The largest absolute Gasteiger partial charge is 0.466 e. The molecule has 0 radical (unpaired) electrons. The summed E-state index contributed by atoms with van der Waals surface area (Å²) in [5.41, 5.74) is -1.60. The molecule has 1 saturated carbocycles. The van der Waals surface area contributed by atoms with Crippen LogP contribution in [0.3, 0.4) is 0 Å². The molecule has 2 aliphatic rings. The first-order valence-corrected chi connectivity index (χ1v) is 7.86. The minimum atomic E-state index is -0.807. The highest BCUT2D eigenvalue weighted by Gasteiger charge is 2.37. The fourth-order valence-corrected chi connectivity index (χ4v) is 3.09. The van der Waals surface area contributed by atoms with Crippen molar-refractivity contribution < 1.29 is 24.5 Å². The Kier molecular flexibility index (Phi) is 5.60. The first-order chi connectivity index (χ1) is 9.96. The normalized spacial score (nSPS) is 36.6. The highest BCUT2D eigenvalue weighted by molar-refractivity contribution is 5.72. The van der Waals surface area contributed by atoms with Gasteiger partial charge in [0.25, 0.3) is 0 Å². The van der Waals surface area contributed by atoms with Gasteiger partial charge in [-0.15, -0.1) is 0 Å². The van der Waals surface area contributed by atoms with Crippen LogP contribution in [0.2, 0.25) is 0 Å². The molecule has 21 heavy (non-hydrogen) atoms. The van der Waals surface area contributed by atoms with E-state index in [0.29, 0.717) is 65.0 Å². The van der Waals surface area contributed by atoms with Crippen molar-refractivity contribution >= 4 is 5.97 Å². The van der Waals surface area contributed by atoms with Gasteiger partial charge in [-0.2, -0.15) is 0 Å². The van der Waals surface area contributed by atoms with Crippen LogP contribution in [0.4, 0.5) is 0 Å². The van der Waals surface area contributed by atoms with Crippen LogP contribution in [-0.2, 0) is 14.3 Å². The molecule has 122 valence electrons. The molecule has 0 aromatic heterocycles. The summed E-state index contributed by atoms with van der Waals surface area (Å²) in [4.78, 5) is 11.7. The standard InChI is InChI=1S/C15H27NO5/c1-2-21-13(17)12-3-5-14(18,6-4-12)9-16-10-15(19)7-8-20-11-15/h12,16,18-19H,2-11H2,1H3. The molecule has 1 aliphatic carbocycles. The molecule has 6 nitrogen and oxygen atoms in total. The van der Waals surface area contributed by atoms with Crippen LogP contribution in [-0.4, -0.2) is 60.3 Å². The number of rotatable bonds is 6. The van der Waals surface area contributed by atoms with Gasteiger partial charge in [0.2, 0.25) is 0 Å². The van der Waals surface area contributed by atoms with E-state index in [-0.39, 0.29) is 11.9 Å². The smallest absolute Gasteiger partial charge is 0.308 e. The van der Waals surface area contributed by atoms with Gasteiger partial charge in [0.05, 0.1) is 24.7 Å². The second kappa shape index (κ2) is 7.05. The molecule has 0 aromatic carbocycles. The fraction of sp³-hybridized carbons (Fsp3) is 0.933. The second-order valence-corrected chi connectivity index (χ2v) is 6.38. The predicted octanol–water partition coefficient (Wildman–Crippen LogP) is 0.212. The van der Waals surface area contributed by atoms with Crippen LogP contribution in [0, 0.1) is 5.92 Å². The zero-order valence-corrected chi connectivity index (χ0v) is 12.8. The van der Waals surface area contributed by atoms with Crippen molar-refractivity contribution in [2.24, 2.45) is 5.92 Å². The van der Waals surface area contributed by atoms with Crippen molar-refractivity contribution in [3.05, 3.63) is 0 Å². The van der Waals surface area contributed by atoms with Crippen LogP contribution in [0.5, 0.6) is 0 Å². The van der Waals surface area contributed by atoms with Crippen LogP contribution in [0.15, 0.2) is 0 Å². The molecule has 0 bridgehead atoms. The topological polar surface area (TPSA) is 88.0 Å². The van der Waals surface area contributed by atoms with E-state index in [1.165, 1.54) is 0 Å². The van der Waals surface area contributed by atoms with Gasteiger partial charge in [-0.3, -0.25) is 4.79 Å². The lowest BCUT2D eigenvalue weighted by molar-refractivity contribution is -0.151. The van der Waals surface area contributed by atoms with Gasteiger partial charge in [0.15, 0.2) is 0 Å². The average Bonchev–Trinajstić information content (AvgIpc) is 2.86.